The van der Waals surface area contributed by atoms with E-state index in [0.717, 1.165) is 25.9 Å². The highest BCUT2D eigenvalue weighted by Gasteiger charge is 1.96. The third kappa shape index (κ3) is 7.35. The lowest BCUT2D eigenvalue weighted by Crippen LogP contribution is -2.07. The van der Waals surface area contributed by atoms with Crippen molar-refractivity contribution in [3.05, 3.63) is 0 Å². The van der Waals surface area contributed by atoms with E-state index in [-0.39, 0.29) is 0 Å². The minimum Gasteiger partial charge on any atom is -0.379 e. The molecule has 11 heavy (non-hydrogen) atoms. The van der Waals surface area contributed by atoms with Crippen molar-refractivity contribution >= 4 is 0 Å². The molecule has 0 aromatic rings. The number of hydrogen-bond acceptors (Lipinski definition) is 2. The monoisotopic (exact) mass is 155 g/mol. The Hall–Kier alpha value is -0.550. The molecule has 0 aliphatic heterocycles. The van der Waals surface area contributed by atoms with Gasteiger partial charge in [0.2, 0.25) is 0 Å². The number of rotatable bonds is 6. The maximum absolute atomic E-state index is 8.23. The average Bonchev–Trinajstić information content (AvgIpc) is 2.04. The SMILES string of the molecule is CCC(C)OCCCCC#N. The second-order valence-electron chi connectivity index (χ2n) is 2.70. The van der Waals surface area contributed by atoms with E-state index in [9.17, 15) is 0 Å². The molecule has 0 fully saturated rings. The summed E-state index contributed by atoms with van der Waals surface area (Å²) in [5.74, 6) is 0. The predicted octanol–water partition coefficient (Wildman–Crippen LogP) is 2.50. The third-order valence-corrected chi connectivity index (χ3v) is 1.66. The molecule has 1 atom stereocenters. The molecule has 0 N–H and O–H groups in total. The third-order valence-electron chi connectivity index (χ3n) is 1.66. The Morgan fingerprint density at radius 2 is 2.18 bits per heavy atom. The molecule has 0 radical (unpaired) electrons. The van der Waals surface area contributed by atoms with Gasteiger partial charge in [-0.15, -0.1) is 0 Å². The Bertz CT molecular complexity index is 117. The van der Waals surface area contributed by atoms with Crippen LogP contribution in [0.3, 0.4) is 0 Å². The van der Waals surface area contributed by atoms with Crippen LogP contribution < -0.4 is 0 Å². The van der Waals surface area contributed by atoms with Gasteiger partial charge in [0.25, 0.3) is 0 Å². The van der Waals surface area contributed by atoms with Gasteiger partial charge in [-0.2, -0.15) is 5.26 Å². The van der Waals surface area contributed by atoms with E-state index in [0.29, 0.717) is 12.5 Å². The average molecular weight is 155 g/mol. The first kappa shape index (κ1) is 10.4. The summed E-state index contributed by atoms with van der Waals surface area (Å²) in [4.78, 5) is 0. The fraction of sp³-hybridized carbons (Fsp3) is 0.889. The molecule has 0 rings (SSSR count). The molecule has 0 saturated heterocycles. The summed E-state index contributed by atoms with van der Waals surface area (Å²) in [6, 6.07) is 2.11. The first-order chi connectivity index (χ1) is 5.31. The Balaban J connectivity index is 2.97. The summed E-state index contributed by atoms with van der Waals surface area (Å²) in [6.07, 6.45) is 4.07. The highest BCUT2D eigenvalue weighted by molar-refractivity contribution is 4.67. The maximum atomic E-state index is 8.23. The molecule has 2 heteroatoms. The zero-order valence-electron chi connectivity index (χ0n) is 7.47. The van der Waals surface area contributed by atoms with Crippen molar-refractivity contribution in [2.45, 2.75) is 45.6 Å². The Morgan fingerprint density at radius 1 is 1.45 bits per heavy atom. The topological polar surface area (TPSA) is 33.0 Å². The number of nitriles is 1. The summed E-state index contributed by atoms with van der Waals surface area (Å²) in [6.45, 7) is 4.99. The standard InChI is InChI=1S/C9H17NO/c1-3-9(2)11-8-6-4-5-7-10/h9H,3-6,8H2,1-2H3. The fourth-order valence-electron chi connectivity index (χ4n) is 0.708. The van der Waals surface area contributed by atoms with Gasteiger partial charge in [-0.3, -0.25) is 0 Å². The second kappa shape index (κ2) is 7.56. The molecule has 0 heterocycles. The van der Waals surface area contributed by atoms with Crippen molar-refractivity contribution in [3.8, 4) is 6.07 Å². The molecule has 0 aromatic carbocycles. The molecule has 0 amide bonds. The molecule has 64 valence electrons. The number of ether oxygens (including phenoxy) is 1. The van der Waals surface area contributed by atoms with E-state index >= 15 is 0 Å². The van der Waals surface area contributed by atoms with Gasteiger partial charge in [0.05, 0.1) is 12.2 Å². The van der Waals surface area contributed by atoms with Crippen LogP contribution in [0.2, 0.25) is 0 Å². The first-order valence-electron chi connectivity index (χ1n) is 4.29. The Morgan fingerprint density at radius 3 is 2.73 bits per heavy atom. The highest BCUT2D eigenvalue weighted by Crippen LogP contribution is 1.99. The highest BCUT2D eigenvalue weighted by atomic mass is 16.5. The lowest BCUT2D eigenvalue weighted by molar-refractivity contribution is 0.0613. The van der Waals surface area contributed by atoms with E-state index in [1.165, 1.54) is 0 Å². The van der Waals surface area contributed by atoms with Gasteiger partial charge in [-0.1, -0.05) is 6.92 Å². The number of nitrogens with zero attached hydrogens (tertiary/aromatic N) is 1. The van der Waals surface area contributed by atoms with E-state index in [1.807, 2.05) is 0 Å². The summed E-state index contributed by atoms with van der Waals surface area (Å²) in [5, 5.41) is 8.23. The van der Waals surface area contributed by atoms with Crippen LogP contribution in [0.25, 0.3) is 0 Å². The van der Waals surface area contributed by atoms with Crippen LogP contribution in [0.5, 0.6) is 0 Å². The van der Waals surface area contributed by atoms with E-state index < -0.39 is 0 Å². The van der Waals surface area contributed by atoms with Gasteiger partial charge in [0.1, 0.15) is 0 Å². The largest absolute Gasteiger partial charge is 0.379 e. The summed E-state index contributed by atoms with van der Waals surface area (Å²) < 4.78 is 5.43. The number of hydrogen-bond donors (Lipinski definition) is 0. The summed E-state index contributed by atoms with van der Waals surface area (Å²) in [5.41, 5.74) is 0. The smallest absolute Gasteiger partial charge is 0.0621 e. The molecular weight excluding hydrogens is 138 g/mol. The van der Waals surface area contributed by atoms with Crippen LogP contribution in [0, 0.1) is 11.3 Å². The van der Waals surface area contributed by atoms with Crippen LogP contribution in [0.4, 0.5) is 0 Å². The molecule has 0 bridgehead atoms. The first-order valence-corrected chi connectivity index (χ1v) is 4.29. The van der Waals surface area contributed by atoms with Crippen molar-refractivity contribution in [2.75, 3.05) is 6.61 Å². The van der Waals surface area contributed by atoms with E-state index in [2.05, 4.69) is 19.9 Å². The van der Waals surface area contributed by atoms with Crippen LogP contribution in [0.15, 0.2) is 0 Å². The quantitative estimate of drug-likeness (QED) is 0.552. The van der Waals surface area contributed by atoms with E-state index in [4.69, 9.17) is 10.00 Å². The lowest BCUT2D eigenvalue weighted by atomic mass is 10.2. The van der Waals surface area contributed by atoms with Gasteiger partial charge >= 0.3 is 0 Å². The Kier molecular flexibility index (Phi) is 7.18. The van der Waals surface area contributed by atoms with E-state index in [1.54, 1.807) is 0 Å². The molecule has 0 aliphatic carbocycles. The van der Waals surface area contributed by atoms with Crippen LogP contribution in [-0.2, 0) is 4.74 Å². The van der Waals surface area contributed by atoms with Crippen molar-refractivity contribution in [1.29, 1.82) is 5.26 Å². The van der Waals surface area contributed by atoms with Crippen molar-refractivity contribution < 1.29 is 4.74 Å². The summed E-state index contributed by atoms with van der Waals surface area (Å²) >= 11 is 0. The molecule has 0 spiro atoms. The van der Waals surface area contributed by atoms with Gasteiger partial charge in [-0.25, -0.2) is 0 Å². The molecule has 0 aromatic heterocycles. The maximum Gasteiger partial charge on any atom is 0.0621 e. The molecule has 2 nitrogen and oxygen atoms in total. The predicted molar refractivity (Wildman–Crippen MR) is 45.2 cm³/mol. The molecule has 0 saturated carbocycles. The van der Waals surface area contributed by atoms with Crippen molar-refractivity contribution in [2.24, 2.45) is 0 Å². The normalized spacial score (nSPS) is 12.5. The minimum atomic E-state index is 0.372. The fourth-order valence-corrected chi connectivity index (χ4v) is 0.708. The van der Waals surface area contributed by atoms with Gasteiger partial charge < -0.3 is 4.74 Å². The van der Waals surface area contributed by atoms with Gasteiger partial charge in [-0.05, 0) is 26.2 Å². The lowest BCUT2D eigenvalue weighted by Gasteiger charge is -2.08. The Labute approximate surface area is 69.2 Å². The number of unbranched alkanes of at least 4 members (excludes halogenated alkanes) is 2. The zero-order chi connectivity index (χ0) is 8.53. The molecular formula is C9H17NO. The van der Waals surface area contributed by atoms with Gasteiger partial charge in [0, 0.05) is 13.0 Å². The zero-order valence-corrected chi connectivity index (χ0v) is 7.47. The van der Waals surface area contributed by atoms with Crippen LogP contribution in [0.1, 0.15) is 39.5 Å². The summed E-state index contributed by atoms with van der Waals surface area (Å²) in [7, 11) is 0. The molecule has 1 unspecified atom stereocenters. The second-order valence-corrected chi connectivity index (χ2v) is 2.70. The van der Waals surface area contributed by atoms with Crippen LogP contribution >= 0.6 is 0 Å². The van der Waals surface area contributed by atoms with Crippen molar-refractivity contribution in [3.63, 3.8) is 0 Å². The molecule has 0 aliphatic rings. The minimum absolute atomic E-state index is 0.372. The van der Waals surface area contributed by atoms with Crippen molar-refractivity contribution in [1.82, 2.24) is 0 Å². The van der Waals surface area contributed by atoms with Gasteiger partial charge in [0.15, 0.2) is 0 Å². The van der Waals surface area contributed by atoms with Crippen LogP contribution in [-0.4, -0.2) is 12.7 Å².